The van der Waals surface area contributed by atoms with Crippen molar-refractivity contribution in [3.05, 3.63) is 23.4 Å². The average Bonchev–Trinajstić information content (AvgIpc) is 2.43. The molecule has 108 valence electrons. The molecule has 2 fully saturated rings. The highest BCUT2D eigenvalue weighted by Crippen LogP contribution is 2.38. The number of hydrogen-bond acceptors (Lipinski definition) is 5. The standard InChI is InChI=1S/C14H20N4O2/c1-7-5-8(14(16)19)6-10(17-7)18-12-11(15)9-3-2-4-20-13(9)12/h5-6,9,11-13H,2-4,15H2,1H3,(H2,16,19)(H,17,18). The first-order valence-electron chi connectivity index (χ1n) is 6.98. The number of pyridine rings is 1. The summed E-state index contributed by atoms with van der Waals surface area (Å²) in [5.74, 6) is 0.608. The van der Waals surface area contributed by atoms with Crippen LogP contribution in [-0.2, 0) is 4.74 Å². The molecule has 0 spiro atoms. The minimum Gasteiger partial charge on any atom is -0.376 e. The summed E-state index contributed by atoms with van der Waals surface area (Å²) in [6, 6.07) is 3.46. The lowest BCUT2D eigenvalue weighted by molar-refractivity contribution is -0.104. The SMILES string of the molecule is Cc1cc(C(N)=O)cc(NC2C(N)C3CCCOC32)n1. The number of rotatable bonds is 3. The minimum atomic E-state index is -0.455. The van der Waals surface area contributed by atoms with Gasteiger partial charge in [-0.25, -0.2) is 4.98 Å². The molecule has 1 aliphatic carbocycles. The first kappa shape index (κ1) is 13.3. The fourth-order valence-electron chi connectivity index (χ4n) is 3.18. The van der Waals surface area contributed by atoms with Crippen LogP contribution in [0.3, 0.4) is 0 Å². The Morgan fingerprint density at radius 3 is 3.05 bits per heavy atom. The van der Waals surface area contributed by atoms with E-state index in [1.54, 1.807) is 12.1 Å². The lowest BCUT2D eigenvalue weighted by Crippen LogP contribution is -2.69. The van der Waals surface area contributed by atoms with E-state index in [4.69, 9.17) is 16.2 Å². The van der Waals surface area contributed by atoms with Crippen molar-refractivity contribution >= 4 is 11.7 Å². The molecule has 4 atom stereocenters. The van der Waals surface area contributed by atoms with Crippen molar-refractivity contribution in [2.45, 2.75) is 38.0 Å². The Kier molecular flexibility index (Phi) is 3.35. The molecule has 3 rings (SSSR count). The van der Waals surface area contributed by atoms with Gasteiger partial charge in [-0.15, -0.1) is 0 Å². The molecule has 4 unspecified atom stereocenters. The van der Waals surface area contributed by atoms with Gasteiger partial charge in [0.2, 0.25) is 5.91 Å². The van der Waals surface area contributed by atoms with Crippen molar-refractivity contribution in [1.29, 1.82) is 0 Å². The first-order chi connectivity index (χ1) is 9.56. The summed E-state index contributed by atoms with van der Waals surface area (Å²) in [7, 11) is 0. The van der Waals surface area contributed by atoms with Crippen LogP contribution in [0.5, 0.6) is 0 Å². The molecule has 6 nitrogen and oxygen atoms in total. The molecule has 6 heteroatoms. The van der Waals surface area contributed by atoms with Gasteiger partial charge in [0.1, 0.15) is 5.82 Å². The zero-order valence-electron chi connectivity index (χ0n) is 11.5. The van der Waals surface area contributed by atoms with Crippen LogP contribution in [0.15, 0.2) is 12.1 Å². The van der Waals surface area contributed by atoms with E-state index in [9.17, 15) is 4.79 Å². The van der Waals surface area contributed by atoms with Crippen LogP contribution in [0.25, 0.3) is 0 Å². The van der Waals surface area contributed by atoms with Crippen molar-refractivity contribution in [2.24, 2.45) is 17.4 Å². The third-order valence-electron chi connectivity index (χ3n) is 4.23. The third kappa shape index (κ3) is 2.25. The normalized spacial score (nSPS) is 32.1. The number of nitrogens with one attached hydrogen (secondary N) is 1. The summed E-state index contributed by atoms with van der Waals surface area (Å²) in [6.45, 7) is 2.62. The molecule has 1 saturated carbocycles. The highest BCUT2D eigenvalue weighted by molar-refractivity contribution is 5.93. The van der Waals surface area contributed by atoms with Crippen molar-refractivity contribution < 1.29 is 9.53 Å². The number of nitrogens with two attached hydrogens (primary N) is 2. The van der Waals surface area contributed by atoms with Gasteiger partial charge < -0.3 is 21.5 Å². The molecule has 0 radical (unpaired) electrons. The number of aryl methyl sites for hydroxylation is 1. The number of anilines is 1. The van der Waals surface area contributed by atoms with Gasteiger partial charge in [-0.05, 0) is 31.9 Å². The molecule has 1 aromatic rings. The van der Waals surface area contributed by atoms with Gasteiger partial charge in [0, 0.05) is 29.8 Å². The predicted octanol–water partition coefficient (Wildman–Crippen LogP) is 0.406. The van der Waals surface area contributed by atoms with Crippen LogP contribution in [0, 0.1) is 12.8 Å². The molecule has 0 bridgehead atoms. The molecule has 2 heterocycles. The van der Waals surface area contributed by atoms with E-state index in [2.05, 4.69) is 10.3 Å². The molecule has 1 aromatic heterocycles. The van der Waals surface area contributed by atoms with Crippen molar-refractivity contribution in [2.75, 3.05) is 11.9 Å². The van der Waals surface area contributed by atoms with Crippen LogP contribution in [0.4, 0.5) is 5.82 Å². The number of carbonyl (C=O) groups is 1. The highest BCUT2D eigenvalue weighted by Gasteiger charge is 2.50. The maximum Gasteiger partial charge on any atom is 0.248 e. The quantitative estimate of drug-likeness (QED) is 0.741. The van der Waals surface area contributed by atoms with Gasteiger partial charge in [-0.1, -0.05) is 0 Å². The maximum absolute atomic E-state index is 11.3. The second-order valence-electron chi connectivity index (χ2n) is 5.64. The number of amides is 1. The summed E-state index contributed by atoms with van der Waals surface area (Å²) in [5.41, 5.74) is 12.7. The Morgan fingerprint density at radius 1 is 1.50 bits per heavy atom. The Bertz CT molecular complexity index is 534. The number of primary amides is 1. The number of nitrogens with zero attached hydrogens (tertiary/aromatic N) is 1. The zero-order chi connectivity index (χ0) is 14.3. The van der Waals surface area contributed by atoms with Gasteiger partial charge in [-0.3, -0.25) is 4.79 Å². The molecule has 1 aliphatic heterocycles. The summed E-state index contributed by atoms with van der Waals surface area (Å²) >= 11 is 0. The Labute approximate surface area is 117 Å². The van der Waals surface area contributed by atoms with Gasteiger partial charge >= 0.3 is 0 Å². The summed E-state index contributed by atoms with van der Waals surface area (Å²) in [4.78, 5) is 15.7. The van der Waals surface area contributed by atoms with Gasteiger partial charge in [-0.2, -0.15) is 0 Å². The average molecular weight is 276 g/mol. The van der Waals surface area contributed by atoms with E-state index < -0.39 is 5.91 Å². The van der Waals surface area contributed by atoms with Crippen molar-refractivity contribution in [3.8, 4) is 0 Å². The van der Waals surface area contributed by atoms with Crippen LogP contribution >= 0.6 is 0 Å². The van der Waals surface area contributed by atoms with Crippen molar-refractivity contribution in [1.82, 2.24) is 4.98 Å². The Balaban J connectivity index is 1.76. The summed E-state index contributed by atoms with van der Waals surface area (Å²) in [5, 5.41) is 3.29. The topological polar surface area (TPSA) is 103 Å². The number of aromatic nitrogens is 1. The van der Waals surface area contributed by atoms with E-state index in [-0.39, 0.29) is 18.2 Å². The van der Waals surface area contributed by atoms with Gasteiger partial charge in [0.15, 0.2) is 0 Å². The second-order valence-corrected chi connectivity index (χ2v) is 5.64. The largest absolute Gasteiger partial charge is 0.376 e. The Morgan fingerprint density at radius 2 is 2.30 bits per heavy atom. The summed E-state index contributed by atoms with van der Waals surface area (Å²) < 4.78 is 5.78. The van der Waals surface area contributed by atoms with Crippen molar-refractivity contribution in [3.63, 3.8) is 0 Å². The number of ether oxygens (including phenoxy) is 1. The van der Waals surface area contributed by atoms with Gasteiger partial charge in [0.25, 0.3) is 0 Å². The molecule has 20 heavy (non-hydrogen) atoms. The minimum absolute atomic E-state index is 0.0512. The molecule has 5 N–H and O–H groups in total. The number of hydrogen-bond donors (Lipinski definition) is 3. The highest BCUT2D eigenvalue weighted by atomic mass is 16.5. The second kappa shape index (κ2) is 5.03. The maximum atomic E-state index is 11.3. The van der Waals surface area contributed by atoms with Crippen LogP contribution in [-0.4, -0.2) is 35.7 Å². The van der Waals surface area contributed by atoms with E-state index in [1.807, 2.05) is 6.92 Å². The van der Waals surface area contributed by atoms with E-state index >= 15 is 0 Å². The third-order valence-corrected chi connectivity index (χ3v) is 4.23. The van der Waals surface area contributed by atoms with Crippen LogP contribution < -0.4 is 16.8 Å². The molecule has 1 amide bonds. The van der Waals surface area contributed by atoms with Crippen LogP contribution in [0.2, 0.25) is 0 Å². The van der Waals surface area contributed by atoms with E-state index in [1.165, 1.54) is 0 Å². The molecule has 2 aliphatic rings. The molecular formula is C14H20N4O2. The fraction of sp³-hybridized carbons (Fsp3) is 0.571. The fourth-order valence-corrected chi connectivity index (χ4v) is 3.18. The predicted molar refractivity (Wildman–Crippen MR) is 75.3 cm³/mol. The van der Waals surface area contributed by atoms with E-state index in [0.29, 0.717) is 17.3 Å². The monoisotopic (exact) mass is 276 g/mol. The van der Waals surface area contributed by atoms with Crippen LogP contribution in [0.1, 0.15) is 28.9 Å². The number of fused-ring (bicyclic) bond motifs is 1. The number of carbonyl (C=O) groups excluding carboxylic acids is 1. The first-order valence-corrected chi connectivity index (χ1v) is 6.98. The summed E-state index contributed by atoms with van der Waals surface area (Å²) in [6.07, 6.45) is 2.35. The zero-order valence-corrected chi connectivity index (χ0v) is 11.5. The van der Waals surface area contributed by atoms with E-state index in [0.717, 1.165) is 25.1 Å². The smallest absolute Gasteiger partial charge is 0.248 e. The molecule has 0 aromatic carbocycles. The molecule has 1 saturated heterocycles. The Hall–Kier alpha value is -1.66. The van der Waals surface area contributed by atoms with Gasteiger partial charge in [0.05, 0.1) is 12.1 Å². The lowest BCUT2D eigenvalue weighted by Gasteiger charge is -2.52. The lowest BCUT2D eigenvalue weighted by atomic mass is 9.68. The molecular weight excluding hydrogens is 256 g/mol.